The zero-order valence-electron chi connectivity index (χ0n) is 16.7. The third-order valence-corrected chi connectivity index (χ3v) is 6.20. The summed E-state index contributed by atoms with van der Waals surface area (Å²) in [6.07, 6.45) is 5.67. The molecule has 3 nitrogen and oxygen atoms in total. The molecule has 0 amide bonds. The fourth-order valence-corrected chi connectivity index (χ4v) is 4.49. The molecule has 29 heavy (non-hydrogen) atoms. The topological polar surface area (TPSA) is 29.9 Å². The number of benzene rings is 1. The molecule has 0 atom stereocenters. The quantitative estimate of drug-likeness (QED) is 0.443. The first-order valence-corrected chi connectivity index (χ1v) is 11.0. The van der Waals surface area contributed by atoms with Gasteiger partial charge in [0, 0.05) is 41.0 Å². The van der Waals surface area contributed by atoms with E-state index >= 15 is 4.39 Å². The zero-order chi connectivity index (χ0) is 20.8. The van der Waals surface area contributed by atoms with Gasteiger partial charge in [-0.05, 0) is 42.0 Å². The van der Waals surface area contributed by atoms with Gasteiger partial charge >= 0.3 is 0 Å². The summed E-state index contributed by atoms with van der Waals surface area (Å²) < 4.78 is 34.0. The van der Waals surface area contributed by atoms with Gasteiger partial charge in [-0.15, -0.1) is 0 Å². The summed E-state index contributed by atoms with van der Waals surface area (Å²) >= 11 is 7.91. The Bertz CT molecular complexity index is 1050. The Hall–Kier alpha value is -1.63. The standard InChI is InChI=1S/C22H24ClF2N3S/c1-22(2,3)12-28-11-13(9-27-29-15-4-5-15)16-7-19(25)17(8-20(16)28)21-18(23)6-14(24)10-26-21/h6-8,10-11,15,27H,4-5,9,12H2,1-3H3. The second-order valence-corrected chi connectivity index (χ2v) is 10.4. The molecule has 4 rings (SSSR count). The van der Waals surface area contributed by atoms with Gasteiger partial charge in [0.15, 0.2) is 0 Å². The minimum atomic E-state index is -0.544. The molecule has 1 aliphatic rings. The smallest absolute Gasteiger partial charge is 0.143 e. The maximum atomic E-state index is 15.0. The van der Waals surface area contributed by atoms with Gasteiger partial charge < -0.3 is 4.57 Å². The molecule has 1 aromatic carbocycles. The molecule has 2 heterocycles. The Morgan fingerprint density at radius 2 is 2.00 bits per heavy atom. The lowest BCUT2D eigenvalue weighted by molar-refractivity contribution is 0.349. The predicted octanol–water partition coefficient (Wildman–Crippen LogP) is 6.58. The fraction of sp³-hybridized carbons (Fsp3) is 0.409. The summed E-state index contributed by atoms with van der Waals surface area (Å²) in [4.78, 5) is 4.03. The Morgan fingerprint density at radius 1 is 1.24 bits per heavy atom. The number of aromatic nitrogens is 2. The summed E-state index contributed by atoms with van der Waals surface area (Å²) in [6, 6.07) is 4.48. The van der Waals surface area contributed by atoms with E-state index in [1.165, 1.54) is 12.8 Å². The van der Waals surface area contributed by atoms with Crippen molar-refractivity contribution in [1.82, 2.24) is 14.3 Å². The van der Waals surface area contributed by atoms with E-state index in [1.54, 1.807) is 24.1 Å². The third kappa shape index (κ3) is 4.76. The van der Waals surface area contributed by atoms with Crippen molar-refractivity contribution in [2.24, 2.45) is 5.41 Å². The fourth-order valence-electron chi connectivity index (χ4n) is 3.38. The first kappa shape index (κ1) is 20.6. The molecule has 0 aliphatic heterocycles. The SMILES string of the molecule is CC(C)(C)Cn1cc(CNSC2CC2)c2cc(F)c(-c3ncc(F)cc3Cl)cc21. The number of hydrogen-bond donors (Lipinski definition) is 1. The van der Waals surface area contributed by atoms with E-state index in [2.05, 4.69) is 41.2 Å². The molecule has 1 N–H and O–H groups in total. The number of nitrogens with one attached hydrogen (secondary N) is 1. The summed E-state index contributed by atoms with van der Waals surface area (Å²) in [6.45, 7) is 7.96. The van der Waals surface area contributed by atoms with Crippen LogP contribution in [0.25, 0.3) is 22.2 Å². The molecule has 0 saturated heterocycles. The summed E-state index contributed by atoms with van der Waals surface area (Å²) in [7, 11) is 0. The maximum absolute atomic E-state index is 15.0. The van der Waals surface area contributed by atoms with E-state index < -0.39 is 11.6 Å². The Kier molecular flexibility index (Phi) is 5.62. The van der Waals surface area contributed by atoms with Gasteiger partial charge in [0.25, 0.3) is 0 Å². The van der Waals surface area contributed by atoms with Crippen LogP contribution in [0.15, 0.2) is 30.6 Å². The lowest BCUT2D eigenvalue weighted by Gasteiger charge is -2.20. The van der Waals surface area contributed by atoms with Crippen LogP contribution in [-0.4, -0.2) is 14.8 Å². The van der Waals surface area contributed by atoms with Gasteiger partial charge in [-0.25, -0.2) is 8.78 Å². The van der Waals surface area contributed by atoms with Crippen molar-refractivity contribution in [3.05, 3.63) is 52.8 Å². The monoisotopic (exact) mass is 435 g/mol. The normalized spacial score (nSPS) is 14.7. The van der Waals surface area contributed by atoms with E-state index in [1.807, 2.05) is 0 Å². The van der Waals surface area contributed by atoms with Crippen molar-refractivity contribution >= 4 is 34.5 Å². The average molecular weight is 436 g/mol. The minimum absolute atomic E-state index is 0.0553. The van der Waals surface area contributed by atoms with E-state index in [0.717, 1.165) is 35.3 Å². The molecule has 7 heteroatoms. The molecule has 2 aromatic heterocycles. The average Bonchev–Trinajstić information content (AvgIpc) is 3.38. The highest BCUT2D eigenvalue weighted by molar-refractivity contribution is 7.98. The first-order chi connectivity index (χ1) is 13.7. The molecule has 0 radical (unpaired) electrons. The molecule has 1 saturated carbocycles. The van der Waals surface area contributed by atoms with Crippen LogP contribution in [0.3, 0.4) is 0 Å². The molecular formula is C22H24ClF2N3S. The summed E-state index contributed by atoms with van der Waals surface area (Å²) in [5.74, 6) is -0.957. The highest BCUT2D eigenvalue weighted by atomic mass is 35.5. The van der Waals surface area contributed by atoms with Crippen molar-refractivity contribution < 1.29 is 8.78 Å². The van der Waals surface area contributed by atoms with Gasteiger partial charge in [-0.3, -0.25) is 9.71 Å². The van der Waals surface area contributed by atoms with Crippen molar-refractivity contribution in [3.8, 4) is 11.3 Å². The number of rotatable bonds is 6. The van der Waals surface area contributed by atoms with Crippen LogP contribution in [0.1, 0.15) is 39.2 Å². The van der Waals surface area contributed by atoms with Crippen LogP contribution in [0, 0.1) is 17.0 Å². The maximum Gasteiger partial charge on any atom is 0.143 e. The van der Waals surface area contributed by atoms with E-state index in [-0.39, 0.29) is 21.7 Å². The van der Waals surface area contributed by atoms with Crippen LogP contribution < -0.4 is 4.72 Å². The molecule has 3 aromatic rings. The van der Waals surface area contributed by atoms with E-state index in [0.29, 0.717) is 11.8 Å². The number of fused-ring (bicyclic) bond motifs is 1. The highest BCUT2D eigenvalue weighted by Crippen LogP contribution is 2.35. The molecule has 154 valence electrons. The molecule has 0 spiro atoms. The Labute approximate surface area is 179 Å². The largest absolute Gasteiger partial charge is 0.347 e. The van der Waals surface area contributed by atoms with Gasteiger partial charge in [0.05, 0.1) is 16.9 Å². The van der Waals surface area contributed by atoms with Gasteiger partial charge in [0.1, 0.15) is 11.6 Å². The van der Waals surface area contributed by atoms with Crippen molar-refractivity contribution in [1.29, 1.82) is 0 Å². The molecule has 0 unspecified atom stereocenters. The number of hydrogen-bond acceptors (Lipinski definition) is 3. The van der Waals surface area contributed by atoms with Crippen LogP contribution in [0.4, 0.5) is 8.78 Å². The molecule has 1 aliphatic carbocycles. The lowest BCUT2D eigenvalue weighted by Crippen LogP contribution is -2.14. The highest BCUT2D eigenvalue weighted by Gasteiger charge is 2.23. The van der Waals surface area contributed by atoms with Gasteiger partial charge in [-0.2, -0.15) is 0 Å². The van der Waals surface area contributed by atoms with Crippen LogP contribution in [0.2, 0.25) is 5.02 Å². The number of pyridine rings is 1. The molecular weight excluding hydrogens is 412 g/mol. The third-order valence-electron chi connectivity index (χ3n) is 4.80. The molecule has 1 fully saturated rings. The minimum Gasteiger partial charge on any atom is -0.347 e. The Balaban J connectivity index is 1.78. The Morgan fingerprint density at radius 3 is 2.66 bits per heavy atom. The predicted molar refractivity (Wildman–Crippen MR) is 117 cm³/mol. The number of nitrogens with zero attached hydrogens (tertiary/aromatic N) is 2. The van der Waals surface area contributed by atoms with Crippen molar-refractivity contribution in [2.45, 2.75) is 52.0 Å². The van der Waals surface area contributed by atoms with Gasteiger partial charge in [0.2, 0.25) is 0 Å². The van der Waals surface area contributed by atoms with E-state index in [4.69, 9.17) is 11.6 Å². The number of halogens is 3. The van der Waals surface area contributed by atoms with Crippen LogP contribution in [0.5, 0.6) is 0 Å². The second-order valence-electron chi connectivity index (χ2n) is 8.81. The van der Waals surface area contributed by atoms with E-state index in [9.17, 15) is 4.39 Å². The second kappa shape index (κ2) is 7.89. The van der Waals surface area contributed by atoms with Gasteiger partial charge in [-0.1, -0.05) is 44.3 Å². The van der Waals surface area contributed by atoms with Crippen LogP contribution in [-0.2, 0) is 13.1 Å². The van der Waals surface area contributed by atoms with Crippen LogP contribution >= 0.6 is 23.5 Å². The lowest BCUT2D eigenvalue weighted by atomic mass is 9.97. The first-order valence-electron chi connectivity index (χ1n) is 9.72. The zero-order valence-corrected chi connectivity index (χ0v) is 18.3. The summed E-state index contributed by atoms with van der Waals surface area (Å²) in [5.41, 5.74) is 2.56. The molecule has 0 bridgehead atoms. The van der Waals surface area contributed by atoms with Crippen molar-refractivity contribution in [2.75, 3.05) is 0 Å². The summed E-state index contributed by atoms with van der Waals surface area (Å²) in [5, 5.41) is 1.67. The van der Waals surface area contributed by atoms with Crippen molar-refractivity contribution in [3.63, 3.8) is 0 Å².